The van der Waals surface area contributed by atoms with Crippen molar-refractivity contribution in [1.29, 1.82) is 0 Å². The zero-order valence-electron chi connectivity index (χ0n) is 15.7. The van der Waals surface area contributed by atoms with E-state index in [0.717, 1.165) is 35.2 Å². The Hall–Kier alpha value is -2.62. The summed E-state index contributed by atoms with van der Waals surface area (Å²) in [7, 11) is 0. The Bertz CT molecular complexity index is 829. The number of likely N-dealkylation sites (tertiary alicyclic amines) is 1. The molecule has 1 aliphatic heterocycles. The maximum absolute atomic E-state index is 12.8. The molecule has 0 bridgehead atoms. The number of nitrogens with zero attached hydrogens (tertiary/aromatic N) is 1. The third-order valence-corrected chi connectivity index (χ3v) is 5.21. The van der Waals surface area contributed by atoms with E-state index in [4.69, 9.17) is 0 Å². The monoisotopic (exact) mass is 350 g/mol. The Balaban J connectivity index is 1.69. The molecular weight excluding hydrogens is 324 g/mol. The van der Waals surface area contributed by atoms with Crippen LogP contribution >= 0.6 is 0 Å². The Kier molecular flexibility index (Phi) is 5.40. The van der Waals surface area contributed by atoms with Crippen molar-refractivity contribution in [1.82, 2.24) is 4.90 Å². The van der Waals surface area contributed by atoms with Crippen molar-refractivity contribution in [3.8, 4) is 0 Å². The standard InChI is InChI=1S/C22H26N2O2/c1-15-7-4-9-18(13-15)22(26)24-12-6-10-19(14-24)21(25)23-20-11-5-8-16(2)17(20)3/h4-5,7-9,11,13,19H,6,10,12,14H2,1-3H3,(H,23,25)/t19-/m1/s1. The van der Waals surface area contributed by atoms with Gasteiger partial charge in [-0.05, 0) is 62.9 Å². The van der Waals surface area contributed by atoms with Crippen LogP contribution in [0.4, 0.5) is 5.69 Å². The summed E-state index contributed by atoms with van der Waals surface area (Å²) >= 11 is 0. The summed E-state index contributed by atoms with van der Waals surface area (Å²) in [6.07, 6.45) is 1.66. The number of carbonyl (C=O) groups excluding carboxylic acids is 2. The van der Waals surface area contributed by atoms with Crippen LogP contribution in [0.5, 0.6) is 0 Å². The first kappa shape index (κ1) is 18.2. The molecule has 1 aliphatic rings. The SMILES string of the molecule is Cc1cccc(C(=O)N2CCC[C@@H](C(=O)Nc3cccc(C)c3C)C2)c1. The number of aryl methyl sites for hydroxylation is 2. The number of carbonyl (C=O) groups is 2. The van der Waals surface area contributed by atoms with Crippen LogP contribution in [0.15, 0.2) is 42.5 Å². The molecule has 2 amide bonds. The smallest absolute Gasteiger partial charge is 0.253 e. The fraction of sp³-hybridized carbons (Fsp3) is 0.364. The number of hydrogen-bond donors (Lipinski definition) is 1. The number of amides is 2. The lowest BCUT2D eigenvalue weighted by atomic mass is 9.96. The second-order valence-corrected chi connectivity index (χ2v) is 7.20. The minimum atomic E-state index is -0.169. The van der Waals surface area contributed by atoms with Crippen LogP contribution in [-0.4, -0.2) is 29.8 Å². The molecule has 1 heterocycles. The number of piperidine rings is 1. The fourth-order valence-electron chi connectivity index (χ4n) is 3.46. The van der Waals surface area contributed by atoms with Gasteiger partial charge >= 0.3 is 0 Å². The van der Waals surface area contributed by atoms with Crippen LogP contribution in [0, 0.1) is 26.7 Å². The summed E-state index contributed by atoms with van der Waals surface area (Å²) in [4.78, 5) is 27.3. The molecule has 4 heteroatoms. The van der Waals surface area contributed by atoms with E-state index < -0.39 is 0 Å². The summed E-state index contributed by atoms with van der Waals surface area (Å²) < 4.78 is 0. The summed E-state index contributed by atoms with van der Waals surface area (Å²) in [5.74, 6) is -0.157. The highest BCUT2D eigenvalue weighted by Crippen LogP contribution is 2.23. The predicted molar refractivity (Wildman–Crippen MR) is 104 cm³/mol. The van der Waals surface area contributed by atoms with E-state index >= 15 is 0 Å². The lowest BCUT2D eigenvalue weighted by Crippen LogP contribution is -2.43. The van der Waals surface area contributed by atoms with Crippen LogP contribution in [0.3, 0.4) is 0 Å². The molecule has 1 atom stereocenters. The second-order valence-electron chi connectivity index (χ2n) is 7.20. The average molecular weight is 350 g/mol. The first-order valence-corrected chi connectivity index (χ1v) is 9.18. The van der Waals surface area contributed by atoms with E-state index in [0.29, 0.717) is 18.7 Å². The Morgan fingerprint density at radius 1 is 1.08 bits per heavy atom. The first-order valence-electron chi connectivity index (χ1n) is 9.18. The van der Waals surface area contributed by atoms with Gasteiger partial charge in [0.25, 0.3) is 5.91 Å². The van der Waals surface area contributed by atoms with Gasteiger partial charge in [-0.25, -0.2) is 0 Å². The third kappa shape index (κ3) is 3.96. The van der Waals surface area contributed by atoms with Crippen LogP contribution in [0.1, 0.15) is 39.9 Å². The Morgan fingerprint density at radius 3 is 2.62 bits per heavy atom. The predicted octanol–water partition coefficient (Wildman–Crippen LogP) is 4.10. The van der Waals surface area contributed by atoms with Crippen molar-refractivity contribution in [2.24, 2.45) is 5.92 Å². The highest BCUT2D eigenvalue weighted by Gasteiger charge is 2.29. The average Bonchev–Trinajstić information content (AvgIpc) is 2.65. The van der Waals surface area contributed by atoms with Crippen LogP contribution in [0.25, 0.3) is 0 Å². The summed E-state index contributed by atoms with van der Waals surface area (Å²) in [6.45, 7) is 7.21. The minimum absolute atomic E-state index is 0.000409. The molecule has 1 fully saturated rings. The van der Waals surface area contributed by atoms with Crippen molar-refractivity contribution in [3.63, 3.8) is 0 Å². The quantitative estimate of drug-likeness (QED) is 0.906. The Morgan fingerprint density at radius 2 is 1.85 bits per heavy atom. The topological polar surface area (TPSA) is 49.4 Å². The van der Waals surface area contributed by atoms with Gasteiger partial charge in [-0.3, -0.25) is 9.59 Å². The van der Waals surface area contributed by atoms with Gasteiger partial charge in [-0.15, -0.1) is 0 Å². The van der Waals surface area contributed by atoms with E-state index in [1.54, 1.807) is 0 Å². The van der Waals surface area contributed by atoms with Gasteiger partial charge in [0.2, 0.25) is 5.91 Å². The molecule has 1 N–H and O–H groups in total. The summed E-state index contributed by atoms with van der Waals surface area (Å²) in [5, 5.41) is 3.05. The van der Waals surface area contributed by atoms with Crippen LogP contribution in [-0.2, 0) is 4.79 Å². The molecule has 0 spiro atoms. The molecule has 0 saturated carbocycles. The van der Waals surface area contributed by atoms with E-state index in [1.165, 1.54) is 0 Å². The van der Waals surface area contributed by atoms with Crippen LogP contribution < -0.4 is 5.32 Å². The van der Waals surface area contributed by atoms with Crippen molar-refractivity contribution < 1.29 is 9.59 Å². The molecule has 4 nitrogen and oxygen atoms in total. The van der Waals surface area contributed by atoms with Crippen molar-refractivity contribution in [2.75, 3.05) is 18.4 Å². The van der Waals surface area contributed by atoms with Gasteiger partial charge in [0, 0.05) is 24.3 Å². The maximum atomic E-state index is 12.8. The van der Waals surface area contributed by atoms with E-state index in [1.807, 2.05) is 68.1 Å². The zero-order valence-corrected chi connectivity index (χ0v) is 15.7. The Labute approximate surface area is 155 Å². The maximum Gasteiger partial charge on any atom is 0.253 e. The van der Waals surface area contributed by atoms with E-state index in [9.17, 15) is 9.59 Å². The third-order valence-electron chi connectivity index (χ3n) is 5.21. The van der Waals surface area contributed by atoms with E-state index in [-0.39, 0.29) is 17.7 Å². The number of benzene rings is 2. The highest BCUT2D eigenvalue weighted by molar-refractivity contribution is 5.96. The van der Waals surface area contributed by atoms with Crippen molar-refractivity contribution in [3.05, 3.63) is 64.7 Å². The largest absolute Gasteiger partial charge is 0.338 e. The summed E-state index contributed by atoms with van der Waals surface area (Å²) in [5.41, 5.74) is 4.86. The highest BCUT2D eigenvalue weighted by atomic mass is 16.2. The van der Waals surface area contributed by atoms with Gasteiger partial charge in [0.05, 0.1) is 5.92 Å². The van der Waals surface area contributed by atoms with Gasteiger partial charge < -0.3 is 10.2 Å². The molecule has 26 heavy (non-hydrogen) atoms. The van der Waals surface area contributed by atoms with Gasteiger partial charge in [-0.1, -0.05) is 29.8 Å². The van der Waals surface area contributed by atoms with Crippen molar-refractivity contribution in [2.45, 2.75) is 33.6 Å². The molecule has 2 aromatic carbocycles. The molecule has 0 aromatic heterocycles. The molecular formula is C22H26N2O2. The molecule has 0 unspecified atom stereocenters. The number of anilines is 1. The summed E-state index contributed by atoms with van der Waals surface area (Å²) in [6, 6.07) is 13.5. The fourth-order valence-corrected chi connectivity index (χ4v) is 3.46. The van der Waals surface area contributed by atoms with Gasteiger partial charge in [0.1, 0.15) is 0 Å². The van der Waals surface area contributed by atoms with Gasteiger partial charge in [-0.2, -0.15) is 0 Å². The second kappa shape index (κ2) is 7.73. The molecule has 3 rings (SSSR count). The molecule has 2 aromatic rings. The first-order chi connectivity index (χ1) is 12.5. The number of nitrogens with one attached hydrogen (secondary N) is 1. The lowest BCUT2D eigenvalue weighted by molar-refractivity contribution is -0.121. The zero-order chi connectivity index (χ0) is 18.7. The molecule has 0 aliphatic carbocycles. The lowest BCUT2D eigenvalue weighted by Gasteiger charge is -2.32. The normalized spacial score (nSPS) is 17.0. The van der Waals surface area contributed by atoms with Gasteiger partial charge in [0.15, 0.2) is 0 Å². The van der Waals surface area contributed by atoms with Crippen LogP contribution in [0.2, 0.25) is 0 Å². The number of rotatable bonds is 3. The molecule has 136 valence electrons. The van der Waals surface area contributed by atoms with E-state index in [2.05, 4.69) is 5.32 Å². The number of hydrogen-bond acceptors (Lipinski definition) is 2. The van der Waals surface area contributed by atoms with Crippen molar-refractivity contribution >= 4 is 17.5 Å². The molecule has 1 saturated heterocycles. The molecule has 0 radical (unpaired) electrons. The minimum Gasteiger partial charge on any atom is -0.338 e.